The standard InChI is InChI=1S/C23H24N4O3/c1-25(2)12-13-27-20(15-8-10-24-11-9-15)19(22(29)23(27)30)21(28)17-14-26(3)18-7-5-4-6-16(17)18/h4-11,14,20,28H,12-13H2,1-3H3/b21-19+/t20-/m0/s1. The molecule has 1 amide bonds. The Bertz CT molecular complexity index is 1150. The van der Waals surface area contributed by atoms with Gasteiger partial charge in [-0.1, -0.05) is 18.2 Å². The molecule has 1 N–H and O–H groups in total. The molecule has 3 heterocycles. The fourth-order valence-electron chi connectivity index (χ4n) is 3.99. The Morgan fingerprint density at radius 1 is 1.13 bits per heavy atom. The number of benzene rings is 1. The summed E-state index contributed by atoms with van der Waals surface area (Å²) in [6.07, 6.45) is 5.04. The van der Waals surface area contributed by atoms with E-state index in [1.54, 1.807) is 30.7 Å². The van der Waals surface area contributed by atoms with Gasteiger partial charge in [0.1, 0.15) is 5.76 Å². The monoisotopic (exact) mass is 404 g/mol. The van der Waals surface area contributed by atoms with Gasteiger partial charge in [-0.3, -0.25) is 14.6 Å². The molecule has 2 aromatic heterocycles. The normalized spacial score (nSPS) is 18.7. The average Bonchev–Trinajstić information content (AvgIpc) is 3.21. The van der Waals surface area contributed by atoms with Crippen LogP contribution in [0.2, 0.25) is 0 Å². The molecule has 1 atom stereocenters. The minimum Gasteiger partial charge on any atom is -0.507 e. The number of likely N-dealkylation sites (N-methyl/N-ethyl adjacent to an activating group) is 1. The lowest BCUT2D eigenvalue weighted by atomic mass is 9.96. The zero-order valence-corrected chi connectivity index (χ0v) is 17.2. The van der Waals surface area contributed by atoms with Gasteiger partial charge < -0.3 is 19.5 Å². The number of carbonyl (C=O) groups excluding carboxylic acids is 2. The maximum Gasteiger partial charge on any atom is 0.295 e. The van der Waals surface area contributed by atoms with Gasteiger partial charge in [0.05, 0.1) is 11.6 Å². The number of pyridine rings is 1. The zero-order chi connectivity index (χ0) is 21.4. The number of para-hydroxylation sites is 1. The summed E-state index contributed by atoms with van der Waals surface area (Å²) in [6, 6.07) is 10.5. The van der Waals surface area contributed by atoms with Crippen molar-refractivity contribution >= 4 is 28.4 Å². The summed E-state index contributed by atoms with van der Waals surface area (Å²) in [5.41, 5.74) is 2.32. The van der Waals surface area contributed by atoms with Gasteiger partial charge >= 0.3 is 0 Å². The molecule has 7 nitrogen and oxygen atoms in total. The van der Waals surface area contributed by atoms with Gasteiger partial charge in [0, 0.05) is 55.2 Å². The lowest BCUT2D eigenvalue weighted by Crippen LogP contribution is -2.35. The molecule has 1 aliphatic heterocycles. The first kappa shape index (κ1) is 19.8. The molecule has 0 aliphatic carbocycles. The second-order valence-corrected chi connectivity index (χ2v) is 7.75. The van der Waals surface area contributed by atoms with Crippen molar-refractivity contribution in [3.8, 4) is 0 Å². The first-order valence-electron chi connectivity index (χ1n) is 9.77. The number of likely N-dealkylation sites (tertiary alicyclic amines) is 1. The summed E-state index contributed by atoms with van der Waals surface area (Å²) in [4.78, 5) is 33.5. The lowest BCUT2D eigenvalue weighted by molar-refractivity contribution is -0.140. The number of aromatic nitrogens is 2. The molecule has 0 saturated carbocycles. The van der Waals surface area contributed by atoms with Crippen LogP contribution in [0.3, 0.4) is 0 Å². The summed E-state index contributed by atoms with van der Waals surface area (Å²) in [7, 11) is 5.71. The maximum absolute atomic E-state index is 13.1. The van der Waals surface area contributed by atoms with Crippen LogP contribution in [0, 0.1) is 0 Å². The number of fused-ring (bicyclic) bond motifs is 1. The maximum atomic E-state index is 13.1. The predicted molar refractivity (Wildman–Crippen MR) is 115 cm³/mol. The van der Waals surface area contributed by atoms with Gasteiger partial charge in [-0.25, -0.2) is 0 Å². The van der Waals surface area contributed by atoms with E-state index in [1.807, 2.05) is 54.9 Å². The van der Waals surface area contributed by atoms with E-state index in [-0.39, 0.29) is 11.3 Å². The first-order chi connectivity index (χ1) is 14.4. The first-order valence-corrected chi connectivity index (χ1v) is 9.77. The Hall–Kier alpha value is -3.45. The molecule has 1 aromatic carbocycles. The molecule has 0 bridgehead atoms. The molecule has 4 rings (SSSR count). The Labute approximate surface area is 174 Å². The van der Waals surface area contributed by atoms with Gasteiger partial charge in [-0.05, 0) is 37.9 Å². The molecule has 0 unspecified atom stereocenters. The van der Waals surface area contributed by atoms with Crippen LogP contribution in [0.1, 0.15) is 17.2 Å². The van der Waals surface area contributed by atoms with Crippen LogP contribution in [0.25, 0.3) is 16.7 Å². The van der Waals surface area contributed by atoms with E-state index in [2.05, 4.69) is 4.98 Å². The molecular weight excluding hydrogens is 380 g/mol. The molecule has 3 aromatic rings. The number of carbonyl (C=O) groups is 2. The third kappa shape index (κ3) is 3.27. The minimum absolute atomic E-state index is 0.112. The van der Waals surface area contributed by atoms with Crippen molar-refractivity contribution in [1.82, 2.24) is 19.4 Å². The van der Waals surface area contributed by atoms with Crippen molar-refractivity contribution in [2.75, 3.05) is 27.2 Å². The predicted octanol–water partition coefficient (Wildman–Crippen LogP) is 2.56. The van der Waals surface area contributed by atoms with Gasteiger partial charge in [0.25, 0.3) is 11.7 Å². The van der Waals surface area contributed by atoms with Crippen LogP contribution in [0.5, 0.6) is 0 Å². The molecule has 0 radical (unpaired) electrons. The molecular formula is C23H24N4O3. The Kier molecular flexibility index (Phi) is 5.13. The summed E-state index contributed by atoms with van der Waals surface area (Å²) in [6.45, 7) is 0.972. The van der Waals surface area contributed by atoms with Crippen molar-refractivity contribution < 1.29 is 14.7 Å². The summed E-state index contributed by atoms with van der Waals surface area (Å²) >= 11 is 0. The number of nitrogens with zero attached hydrogens (tertiary/aromatic N) is 4. The van der Waals surface area contributed by atoms with Crippen LogP contribution in [0.4, 0.5) is 0 Å². The van der Waals surface area contributed by atoms with Crippen LogP contribution in [-0.4, -0.2) is 63.3 Å². The number of aryl methyl sites for hydroxylation is 1. The second kappa shape index (κ2) is 7.76. The average molecular weight is 404 g/mol. The van der Waals surface area contributed by atoms with Crippen molar-refractivity contribution in [3.63, 3.8) is 0 Å². The van der Waals surface area contributed by atoms with Gasteiger partial charge in [0.2, 0.25) is 0 Å². The van der Waals surface area contributed by atoms with Crippen LogP contribution in [0.15, 0.2) is 60.6 Å². The van der Waals surface area contributed by atoms with Gasteiger partial charge in [0.15, 0.2) is 0 Å². The van der Waals surface area contributed by atoms with Crippen LogP contribution in [-0.2, 0) is 16.6 Å². The van der Waals surface area contributed by atoms with Gasteiger partial charge in [-0.15, -0.1) is 0 Å². The zero-order valence-electron chi connectivity index (χ0n) is 17.2. The Morgan fingerprint density at radius 3 is 2.53 bits per heavy atom. The topological polar surface area (TPSA) is 78.7 Å². The Balaban J connectivity index is 1.91. The third-order valence-corrected chi connectivity index (χ3v) is 5.50. The second-order valence-electron chi connectivity index (χ2n) is 7.75. The van der Waals surface area contributed by atoms with Crippen molar-refractivity contribution in [3.05, 3.63) is 71.7 Å². The molecule has 30 heavy (non-hydrogen) atoms. The summed E-state index contributed by atoms with van der Waals surface area (Å²) < 4.78 is 1.90. The highest BCUT2D eigenvalue weighted by Crippen LogP contribution is 2.40. The number of hydrogen-bond donors (Lipinski definition) is 1. The van der Waals surface area contributed by atoms with Gasteiger partial charge in [-0.2, -0.15) is 0 Å². The summed E-state index contributed by atoms with van der Waals surface area (Å²) in [5.74, 6) is -1.42. The molecule has 1 aliphatic rings. The number of rotatable bonds is 5. The highest BCUT2D eigenvalue weighted by molar-refractivity contribution is 6.46. The fourth-order valence-corrected chi connectivity index (χ4v) is 3.99. The molecule has 1 fully saturated rings. The number of aliphatic hydroxyl groups excluding tert-OH is 1. The highest BCUT2D eigenvalue weighted by Gasteiger charge is 2.46. The largest absolute Gasteiger partial charge is 0.507 e. The van der Waals surface area contributed by atoms with Crippen molar-refractivity contribution in [1.29, 1.82) is 0 Å². The molecule has 7 heteroatoms. The highest BCUT2D eigenvalue weighted by atomic mass is 16.3. The van der Waals surface area contributed by atoms with E-state index in [1.165, 1.54) is 4.90 Å². The molecule has 154 valence electrons. The number of aliphatic hydroxyl groups is 1. The van der Waals surface area contributed by atoms with E-state index in [9.17, 15) is 14.7 Å². The fraction of sp³-hybridized carbons (Fsp3) is 0.261. The molecule has 1 saturated heterocycles. The van der Waals surface area contributed by atoms with Crippen molar-refractivity contribution in [2.24, 2.45) is 7.05 Å². The van der Waals surface area contributed by atoms with E-state index >= 15 is 0 Å². The van der Waals surface area contributed by atoms with Crippen LogP contribution < -0.4 is 0 Å². The number of hydrogen-bond acceptors (Lipinski definition) is 5. The van der Waals surface area contributed by atoms with E-state index in [4.69, 9.17) is 0 Å². The van der Waals surface area contributed by atoms with E-state index < -0.39 is 17.7 Å². The quantitative estimate of drug-likeness (QED) is 0.402. The van der Waals surface area contributed by atoms with Crippen molar-refractivity contribution in [2.45, 2.75) is 6.04 Å². The smallest absolute Gasteiger partial charge is 0.295 e. The number of Topliss-reactive ketones (excluding diaryl/α,β-unsaturated/α-hetero) is 1. The number of amides is 1. The minimum atomic E-state index is -0.666. The SMILES string of the molecule is CN(C)CCN1C(=O)C(=O)/C(=C(/O)c2cn(C)c3ccccc23)[C@@H]1c1ccncc1. The van der Waals surface area contributed by atoms with E-state index in [0.29, 0.717) is 18.7 Å². The lowest BCUT2D eigenvalue weighted by Gasteiger charge is -2.26. The number of ketones is 1. The Morgan fingerprint density at radius 2 is 1.83 bits per heavy atom. The summed E-state index contributed by atoms with van der Waals surface area (Å²) in [5, 5.41) is 12.1. The van der Waals surface area contributed by atoms with Crippen LogP contribution >= 0.6 is 0 Å². The third-order valence-electron chi connectivity index (χ3n) is 5.50. The molecule has 0 spiro atoms. The van der Waals surface area contributed by atoms with E-state index in [0.717, 1.165) is 16.5 Å².